The van der Waals surface area contributed by atoms with E-state index in [1.807, 2.05) is 78.9 Å². The summed E-state index contributed by atoms with van der Waals surface area (Å²) in [7, 11) is -2.06. The monoisotopic (exact) mass is 595 g/mol. The third kappa shape index (κ3) is 4.76. The molecular weight excluding hydrogens is 567 g/mol. The molecular formula is C39H29N5Si. The van der Waals surface area contributed by atoms with Gasteiger partial charge in [0.05, 0.1) is 5.69 Å². The molecule has 0 amide bonds. The lowest BCUT2D eigenvalue weighted by Gasteiger charge is -2.19. The van der Waals surface area contributed by atoms with Gasteiger partial charge >= 0.3 is 0 Å². The Kier molecular flexibility index (Phi) is 6.50. The highest BCUT2D eigenvalue weighted by molar-refractivity contribution is 7.03. The van der Waals surface area contributed by atoms with Crippen molar-refractivity contribution in [2.24, 2.45) is 0 Å². The summed E-state index contributed by atoms with van der Waals surface area (Å²) in [4.78, 5) is 25.4. The third-order valence-electron chi connectivity index (χ3n) is 8.50. The largest absolute Gasteiger partial charge is 0.237 e. The van der Waals surface area contributed by atoms with Gasteiger partial charge in [0.2, 0.25) is 0 Å². The molecule has 1 aliphatic heterocycles. The van der Waals surface area contributed by atoms with Crippen molar-refractivity contribution in [3.05, 3.63) is 140 Å². The Morgan fingerprint density at radius 2 is 0.844 bits per heavy atom. The predicted octanol–water partition coefficient (Wildman–Crippen LogP) is 7.80. The highest BCUT2D eigenvalue weighted by atomic mass is 28.3. The molecule has 3 heterocycles. The lowest BCUT2D eigenvalue weighted by atomic mass is 10.0. The Bertz CT molecular complexity index is 2120. The van der Waals surface area contributed by atoms with E-state index in [9.17, 15) is 0 Å². The first kappa shape index (κ1) is 27.0. The number of hydrogen-bond donors (Lipinski definition) is 0. The minimum absolute atomic E-state index is 0.608. The molecule has 0 N–H and O–H groups in total. The van der Waals surface area contributed by atoms with Crippen molar-refractivity contribution < 1.29 is 0 Å². The Balaban J connectivity index is 1.31. The average Bonchev–Trinajstić information content (AvgIpc) is 3.35. The highest BCUT2D eigenvalue weighted by Crippen LogP contribution is 2.36. The van der Waals surface area contributed by atoms with Crippen molar-refractivity contribution in [3.63, 3.8) is 0 Å². The Morgan fingerprint density at radius 3 is 1.42 bits per heavy atom. The summed E-state index contributed by atoms with van der Waals surface area (Å²) in [5.41, 5.74) is 8.19. The molecule has 0 saturated carbocycles. The normalized spacial score (nSPS) is 12.8. The summed E-state index contributed by atoms with van der Waals surface area (Å²) in [5, 5.41) is 2.58. The first-order valence-corrected chi connectivity index (χ1v) is 18.1. The summed E-state index contributed by atoms with van der Waals surface area (Å²) in [6.07, 6.45) is 0. The zero-order valence-electron chi connectivity index (χ0n) is 25.0. The van der Waals surface area contributed by atoms with Gasteiger partial charge in [-0.05, 0) is 16.8 Å². The zero-order valence-corrected chi connectivity index (χ0v) is 26.0. The SMILES string of the molecule is C[Si]1(C)c2ccccc2-c2c(-c3ccccc3)nc(-c3cccc(-c4nc(-c5ccccc5)nc(-c5ccccc5)n4)c3)nc21. The Labute approximate surface area is 263 Å². The maximum atomic E-state index is 5.34. The summed E-state index contributed by atoms with van der Waals surface area (Å²) in [5.74, 6) is 2.59. The average molecular weight is 596 g/mol. The fraction of sp³-hybridized carbons (Fsp3) is 0.0513. The molecule has 0 unspecified atom stereocenters. The van der Waals surface area contributed by atoms with Crippen LogP contribution in [0, 0.1) is 0 Å². The van der Waals surface area contributed by atoms with Crippen molar-refractivity contribution in [2.45, 2.75) is 13.1 Å². The number of rotatable bonds is 5. The van der Waals surface area contributed by atoms with E-state index in [0.29, 0.717) is 23.3 Å². The maximum Gasteiger partial charge on any atom is 0.164 e. The molecule has 0 bridgehead atoms. The standard InChI is InChI=1S/C39H29N5Si/c1-45(2)32-24-13-12-23-31(32)33-34(26-15-6-3-7-16-26)40-37(44-39(33)45)29-21-14-22-30(25-29)38-42-35(27-17-8-4-9-18-27)41-36(43-38)28-19-10-5-11-20-28/h3-25H,1-2H3. The zero-order chi connectivity index (χ0) is 30.4. The lowest BCUT2D eigenvalue weighted by Crippen LogP contribution is -2.50. The van der Waals surface area contributed by atoms with Crippen molar-refractivity contribution >= 4 is 18.6 Å². The molecule has 0 aliphatic carbocycles. The molecule has 2 aromatic heterocycles. The smallest absolute Gasteiger partial charge is 0.164 e. The Morgan fingerprint density at radius 1 is 0.400 bits per heavy atom. The molecule has 0 fully saturated rings. The van der Waals surface area contributed by atoms with Crippen LogP contribution >= 0.6 is 0 Å². The molecule has 1 aliphatic rings. The quantitative estimate of drug-likeness (QED) is 0.190. The molecule has 7 aromatic rings. The van der Waals surface area contributed by atoms with Gasteiger partial charge in [-0.3, -0.25) is 0 Å². The van der Waals surface area contributed by atoms with Gasteiger partial charge in [0, 0.05) is 38.7 Å². The second-order valence-electron chi connectivity index (χ2n) is 11.8. The van der Waals surface area contributed by atoms with Crippen molar-refractivity contribution in [3.8, 4) is 67.9 Å². The van der Waals surface area contributed by atoms with Gasteiger partial charge in [-0.2, -0.15) is 0 Å². The van der Waals surface area contributed by atoms with E-state index in [2.05, 4.69) is 73.8 Å². The number of nitrogens with zero attached hydrogens (tertiary/aromatic N) is 5. The molecule has 0 spiro atoms. The van der Waals surface area contributed by atoms with Crippen molar-refractivity contribution in [1.82, 2.24) is 24.9 Å². The van der Waals surface area contributed by atoms with E-state index in [4.69, 9.17) is 24.9 Å². The minimum Gasteiger partial charge on any atom is -0.237 e. The van der Waals surface area contributed by atoms with E-state index in [1.54, 1.807) is 0 Å². The second kappa shape index (κ2) is 10.8. The van der Waals surface area contributed by atoms with Gasteiger partial charge in [-0.15, -0.1) is 0 Å². The fourth-order valence-electron chi connectivity index (χ4n) is 6.21. The van der Waals surface area contributed by atoms with E-state index in [-0.39, 0.29) is 0 Å². The van der Waals surface area contributed by atoms with Crippen molar-refractivity contribution in [2.75, 3.05) is 0 Å². The van der Waals surface area contributed by atoms with Crippen molar-refractivity contribution in [1.29, 1.82) is 0 Å². The van der Waals surface area contributed by atoms with Crippen LogP contribution in [0.15, 0.2) is 140 Å². The van der Waals surface area contributed by atoms with Crippen LogP contribution in [-0.2, 0) is 0 Å². The first-order chi connectivity index (χ1) is 22.1. The van der Waals surface area contributed by atoms with Crippen LogP contribution in [0.3, 0.4) is 0 Å². The summed E-state index contributed by atoms with van der Waals surface area (Å²) >= 11 is 0. The number of fused-ring (bicyclic) bond motifs is 3. The number of aromatic nitrogens is 5. The third-order valence-corrected chi connectivity index (χ3v) is 11.8. The molecule has 0 radical (unpaired) electrons. The fourth-order valence-corrected chi connectivity index (χ4v) is 9.12. The summed E-state index contributed by atoms with van der Waals surface area (Å²) in [6.45, 7) is 4.78. The molecule has 6 heteroatoms. The molecule has 45 heavy (non-hydrogen) atoms. The summed E-state index contributed by atoms with van der Waals surface area (Å²) in [6, 6.07) is 47.6. The number of hydrogen-bond acceptors (Lipinski definition) is 5. The van der Waals surface area contributed by atoms with Crippen LogP contribution in [0.2, 0.25) is 13.1 Å². The molecule has 5 nitrogen and oxygen atoms in total. The lowest BCUT2D eigenvalue weighted by molar-refractivity contribution is 1.07. The molecule has 0 atom stereocenters. The van der Waals surface area contributed by atoms with Gasteiger partial charge in [-0.1, -0.05) is 147 Å². The number of benzene rings is 5. The minimum atomic E-state index is -2.06. The van der Waals surface area contributed by atoms with Crippen LogP contribution in [0.4, 0.5) is 0 Å². The van der Waals surface area contributed by atoms with E-state index in [0.717, 1.165) is 33.5 Å². The van der Waals surface area contributed by atoms with Gasteiger partial charge < -0.3 is 0 Å². The Hall–Kier alpha value is -5.59. The van der Waals surface area contributed by atoms with E-state index in [1.165, 1.54) is 21.6 Å². The van der Waals surface area contributed by atoms with E-state index < -0.39 is 8.07 Å². The predicted molar refractivity (Wildman–Crippen MR) is 185 cm³/mol. The van der Waals surface area contributed by atoms with Gasteiger partial charge in [0.15, 0.2) is 23.3 Å². The van der Waals surface area contributed by atoms with E-state index >= 15 is 0 Å². The molecule has 214 valence electrons. The molecule has 8 rings (SSSR count). The maximum absolute atomic E-state index is 5.34. The van der Waals surface area contributed by atoms with Crippen LogP contribution < -0.4 is 10.5 Å². The molecule has 0 saturated heterocycles. The molecule has 5 aromatic carbocycles. The highest BCUT2D eigenvalue weighted by Gasteiger charge is 2.41. The van der Waals surface area contributed by atoms with Crippen LogP contribution in [0.25, 0.3) is 67.9 Å². The first-order valence-electron chi connectivity index (χ1n) is 15.1. The summed E-state index contributed by atoms with van der Waals surface area (Å²) < 4.78 is 0. The van der Waals surface area contributed by atoms with Gasteiger partial charge in [-0.25, -0.2) is 24.9 Å². The van der Waals surface area contributed by atoms with Crippen LogP contribution in [0.5, 0.6) is 0 Å². The van der Waals surface area contributed by atoms with Crippen LogP contribution in [0.1, 0.15) is 0 Å². The van der Waals surface area contributed by atoms with Gasteiger partial charge in [0.1, 0.15) is 8.07 Å². The van der Waals surface area contributed by atoms with Crippen LogP contribution in [-0.4, -0.2) is 33.0 Å². The topological polar surface area (TPSA) is 64.5 Å². The van der Waals surface area contributed by atoms with Gasteiger partial charge in [0.25, 0.3) is 0 Å². The second-order valence-corrected chi connectivity index (χ2v) is 16.0.